The van der Waals surface area contributed by atoms with Crippen LogP contribution >= 0.6 is 15.9 Å². The van der Waals surface area contributed by atoms with Crippen LogP contribution in [0, 0.1) is 0 Å². The fourth-order valence-electron chi connectivity index (χ4n) is 1.49. The third kappa shape index (κ3) is 5.27. The van der Waals surface area contributed by atoms with Crippen molar-refractivity contribution in [3.8, 4) is 0 Å². The van der Waals surface area contributed by atoms with Gasteiger partial charge in [0.05, 0.1) is 17.8 Å². The van der Waals surface area contributed by atoms with Gasteiger partial charge in [-0.2, -0.15) is 0 Å². The number of pyridine rings is 1. The lowest BCUT2D eigenvalue weighted by Gasteiger charge is -2.39. The Bertz CT molecular complexity index is 498. The molecule has 3 N–H and O–H groups in total. The monoisotopic (exact) mass is 373 g/mol. The van der Waals surface area contributed by atoms with E-state index in [1.807, 2.05) is 6.07 Å². The molecule has 0 atom stereocenters. The molecule has 4 nitrogen and oxygen atoms in total. The van der Waals surface area contributed by atoms with E-state index in [0.29, 0.717) is 18.1 Å². The smallest absolute Gasteiger partial charge is 0.192 e. The Kier molecular flexibility index (Phi) is 5.50. The van der Waals surface area contributed by atoms with Gasteiger partial charge in [0.25, 0.3) is 0 Å². The third-order valence-corrected chi connectivity index (χ3v) is 8.85. The molecule has 1 heterocycles. The number of anilines is 2. The van der Waals surface area contributed by atoms with Crippen LogP contribution in [0.1, 0.15) is 34.6 Å². The molecule has 0 bridgehead atoms. The van der Waals surface area contributed by atoms with E-state index in [4.69, 9.17) is 10.2 Å². The standard InChI is InChI=1S/C15H28BrN3OSi/c1-14(2,3)21(6,7)20-10-15(4,5)19-13-12(17)8-11(16)9-18-13/h8-9H,10,17H2,1-7H3,(H,18,19). The highest BCUT2D eigenvalue weighted by atomic mass is 79.9. The van der Waals surface area contributed by atoms with Gasteiger partial charge in [-0.05, 0) is 54.0 Å². The number of nitrogens with one attached hydrogen (secondary N) is 1. The highest BCUT2D eigenvalue weighted by Gasteiger charge is 2.38. The Morgan fingerprint density at radius 1 is 1.29 bits per heavy atom. The van der Waals surface area contributed by atoms with Crippen LogP contribution in [0.25, 0.3) is 0 Å². The van der Waals surface area contributed by atoms with Crippen molar-refractivity contribution in [1.82, 2.24) is 4.98 Å². The van der Waals surface area contributed by atoms with Crippen LogP contribution in [-0.2, 0) is 4.43 Å². The molecule has 21 heavy (non-hydrogen) atoms. The van der Waals surface area contributed by atoms with E-state index in [0.717, 1.165) is 4.47 Å². The number of nitrogens with zero attached hydrogens (tertiary/aromatic N) is 1. The molecular weight excluding hydrogens is 346 g/mol. The first-order valence-corrected chi connectivity index (χ1v) is 10.9. The molecule has 0 spiro atoms. The average Bonchev–Trinajstić information content (AvgIpc) is 2.29. The average molecular weight is 374 g/mol. The van der Waals surface area contributed by atoms with Crippen LogP contribution in [0.15, 0.2) is 16.7 Å². The second-order valence-electron chi connectivity index (χ2n) is 7.65. The van der Waals surface area contributed by atoms with Gasteiger partial charge in [0.1, 0.15) is 5.82 Å². The lowest BCUT2D eigenvalue weighted by atomic mass is 10.1. The Hall–Kier alpha value is -0.593. The van der Waals surface area contributed by atoms with E-state index in [9.17, 15) is 0 Å². The molecular formula is C15H28BrN3OSi. The Balaban J connectivity index is 2.74. The van der Waals surface area contributed by atoms with Gasteiger partial charge in [-0.25, -0.2) is 4.98 Å². The molecule has 120 valence electrons. The minimum absolute atomic E-state index is 0.206. The molecule has 0 amide bonds. The van der Waals surface area contributed by atoms with Crippen molar-refractivity contribution in [1.29, 1.82) is 0 Å². The van der Waals surface area contributed by atoms with E-state index in [-0.39, 0.29) is 10.6 Å². The van der Waals surface area contributed by atoms with Gasteiger partial charge < -0.3 is 15.5 Å². The maximum atomic E-state index is 6.29. The summed E-state index contributed by atoms with van der Waals surface area (Å²) in [7, 11) is -1.75. The van der Waals surface area contributed by atoms with Crippen molar-refractivity contribution in [3.63, 3.8) is 0 Å². The van der Waals surface area contributed by atoms with Gasteiger partial charge in [0.2, 0.25) is 0 Å². The zero-order valence-corrected chi connectivity index (χ0v) is 16.8. The summed E-state index contributed by atoms with van der Waals surface area (Å²) in [6, 6.07) is 1.85. The lowest BCUT2D eigenvalue weighted by Crippen LogP contribution is -2.47. The third-order valence-electron chi connectivity index (χ3n) is 3.94. The van der Waals surface area contributed by atoms with E-state index in [1.165, 1.54) is 0 Å². The minimum Gasteiger partial charge on any atom is -0.414 e. The zero-order valence-electron chi connectivity index (χ0n) is 14.2. The van der Waals surface area contributed by atoms with Crippen molar-refractivity contribution in [2.75, 3.05) is 17.7 Å². The molecule has 1 aromatic heterocycles. The topological polar surface area (TPSA) is 60.2 Å². The predicted molar refractivity (Wildman–Crippen MR) is 97.2 cm³/mol. The summed E-state index contributed by atoms with van der Waals surface area (Å²) in [6.45, 7) is 16.1. The number of nitrogens with two attached hydrogens (primary N) is 1. The molecule has 6 heteroatoms. The predicted octanol–water partition coefficient (Wildman–Crippen LogP) is 4.64. The fraction of sp³-hybridized carbons (Fsp3) is 0.667. The van der Waals surface area contributed by atoms with Crippen molar-refractivity contribution >= 4 is 35.8 Å². The van der Waals surface area contributed by atoms with Crippen molar-refractivity contribution in [2.24, 2.45) is 0 Å². The summed E-state index contributed by atoms with van der Waals surface area (Å²) in [5.41, 5.74) is 6.39. The molecule has 0 radical (unpaired) electrons. The SMILES string of the molecule is CC(C)(CO[Si](C)(C)C(C)(C)C)Nc1ncc(Br)cc1N. The normalized spacial score (nSPS) is 13.3. The molecule has 0 aliphatic rings. The highest BCUT2D eigenvalue weighted by Crippen LogP contribution is 2.37. The van der Waals surface area contributed by atoms with E-state index in [2.05, 4.69) is 73.9 Å². The van der Waals surface area contributed by atoms with Crippen LogP contribution in [0.5, 0.6) is 0 Å². The largest absolute Gasteiger partial charge is 0.414 e. The molecule has 0 unspecified atom stereocenters. The molecule has 0 aliphatic carbocycles. The van der Waals surface area contributed by atoms with Gasteiger partial charge in [0.15, 0.2) is 8.32 Å². The van der Waals surface area contributed by atoms with Gasteiger partial charge >= 0.3 is 0 Å². The number of hydrogen-bond donors (Lipinski definition) is 2. The Labute approximate surface area is 138 Å². The number of halogens is 1. The summed E-state index contributed by atoms with van der Waals surface area (Å²) < 4.78 is 7.17. The Morgan fingerprint density at radius 2 is 1.86 bits per heavy atom. The molecule has 0 aliphatic heterocycles. The summed E-state index contributed by atoms with van der Waals surface area (Å²) in [4.78, 5) is 4.33. The van der Waals surface area contributed by atoms with Crippen LogP contribution in [0.3, 0.4) is 0 Å². The second-order valence-corrected chi connectivity index (χ2v) is 13.4. The van der Waals surface area contributed by atoms with Gasteiger partial charge in [-0.3, -0.25) is 0 Å². The van der Waals surface area contributed by atoms with Crippen LogP contribution in [-0.4, -0.2) is 25.4 Å². The van der Waals surface area contributed by atoms with Gasteiger partial charge in [-0.15, -0.1) is 0 Å². The number of hydrogen-bond acceptors (Lipinski definition) is 4. The van der Waals surface area contributed by atoms with Crippen LogP contribution in [0.4, 0.5) is 11.5 Å². The summed E-state index contributed by atoms with van der Waals surface area (Å²) in [5, 5.41) is 3.58. The summed E-state index contributed by atoms with van der Waals surface area (Å²) in [5.74, 6) is 0.696. The van der Waals surface area contributed by atoms with Crippen molar-refractivity contribution in [3.05, 3.63) is 16.7 Å². The number of nitrogen functional groups attached to an aromatic ring is 1. The summed E-state index contributed by atoms with van der Waals surface area (Å²) >= 11 is 3.37. The molecule has 0 saturated heterocycles. The zero-order chi connectivity index (χ0) is 16.5. The molecule has 0 aromatic carbocycles. The van der Waals surface area contributed by atoms with Gasteiger partial charge in [-0.1, -0.05) is 20.8 Å². The quantitative estimate of drug-likeness (QED) is 0.737. The summed E-state index contributed by atoms with van der Waals surface area (Å²) in [6.07, 6.45) is 1.74. The molecule has 1 aromatic rings. The minimum atomic E-state index is -1.75. The number of rotatable bonds is 5. The lowest BCUT2D eigenvalue weighted by molar-refractivity contribution is 0.234. The molecule has 0 saturated carbocycles. The first-order chi connectivity index (χ1) is 9.34. The van der Waals surface area contributed by atoms with E-state index in [1.54, 1.807) is 6.20 Å². The Morgan fingerprint density at radius 3 is 2.33 bits per heavy atom. The first-order valence-electron chi connectivity index (χ1n) is 7.17. The molecule has 1 rings (SSSR count). The van der Waals surface area contributed by atoms with E-state index >= 15 is 0 Å². The second kappa shape index (κ2) is 6.26. The maximum absolute atomic E-state index is 6.29. The van der Waals surface area contributed by atoms with Gasteiger partial charge in [0, 0.05) is 10.7 Å². The maximum Gasteiger partial charge on any atom is 0.192 e. The fourth-order valence-corrected chi connectivity index (χ4v) is 3.00. The molecule has 0 fully saturated rings. The van der Waals surface area contributed by atoms with E-state index < -0.39 is 8.32 Å². The first kappa shape index (κ1) is 18.5. The highest BCUT2D eigenvalue weighted by molar-refractivity contribution is 9.10. The van der Waals surface area contributed by atoms with Crippen LogP contribution in [0.2, 0.25) is 18.1 Å². The number of aromatic nitrogens is 1. The van der Waals surface area contributed by atoms with Crippen LogP contribution < -0.4 is 11.1 Å². The van der Waals surface area contributed by atoms with Crippen molar-refractivity contribution in [2.45, 2.75) is 58.3 Å². The van der Waals surface area contributed by atoms with Crippen molar-refractivity contribution < 1.29 is 4.43 Å².